The molecule has 0 aliphatic carbocycles. The normalized spacial score (nSPS) is 10.5. The van der Waals surface area contributed by atoms with Crippen molar-refractivity contribution < 1.29 is 18.8 Å². The molecule has 0 unspecified atom stereocenters. The zero-order valence-corrected chi connectivity index (χ0v) is 18.6. The van der Waals surface area contributed by atoms with Gasteiger partial charge in [-0.05, 0) is 48.5 Å². The Morgan fingerprint density at radius 2 is 1.79 bits per heavy atom. The number of carbonyl (C=O) groups excluding carboxylic acids is 3. The van der Waals surface area contributed by atoms with Crippen molar-refractivity contribution in [3.8, 4) is 0 Å². The van der Waals surface area contributed by atoms with E-state index >= 15 is 0 Å². The van der Waals surface area contributed by atoms with E-state index in [4.69, 9.17) is 16.0 Å². The van der Waals surface area contributed by atoms with Crippen molar-refractivity contribution in [1.82, 2.24) is 9.55 Å². The minimum absolute atomic E-state index is 0.119. The van der Waals surface area contributed by atoms with Gasteiger partial charge in [-0.15, -0.1) is 0 Å². The Kier molecular flexibility index (Phi) is 7.04. The third-order valence-corrected chi connectivity index (χ3v) is 5.02. The number of nitrogens with zero attached hydrogens (tertiary/aromatic N) is 2. The first-order valence-corrected chi connectivity index (χ1v) is 10.7. The molecule has 4 aromatic rings. The minimum atomic E-state index is -0.483. The van der Waals surface area contributed by atoms with Crippen molar-refractivity contribution in [3.05, 3.63) is 95.9 Å². The van der Waals surface area contributed by atoms with E-state index in [-0.39, 0.29) is 18.1 Å². The number of imidazole rings is 1. The van der Waals surface area contributed by atoms with E-state index in [0.29, 0.717) is 34.2 Å². The fourth-order valence-corrected chi connectivity index (χ4v) is 3.30. The van der Waals surface area contributed by atoms with Crippen LogP contribution in [0.15, 0.2) is 84.0 Å². The quantitative estimate of drug-likeness (QED) is 0.341. The highest BCUT2D eigenvalue weighted by molar-refractivity contribution is 6.31. The highest BCUT2D eigenvalue weighted by Crippen LogP contribution is 2.27. The average molecular weight is 478 g/mol. The molecule has 3 amide bonds. The number of carbonyl (C=O) groups is 3. The van der Waals surface area contributed by atoms with Crippen molar-refractivity contribution in [3.63, 3.8) is 0 Å². The largest absolute Gasteiger partial charge is 0.459 e. The molecule has 4 rings (SSSR count). The van der Waals surface area contributed by atoms with E-state index in [1.165, 1.54) is 18.4 Å². The average Bonchev–Trinajstić information content (AvgIpc) is 3.54. The molecule has 2 aromatic carbocycles. The first kappa shape index (κ1) is 22.8. The monoisotopic (exact) mass is 477 g/mol. The van der Waals surface area contributed by atoms with E-state index < -0.39 is 11.8 Å². The summed E-state index contributed by atoms with van der Waals surface area (Å²) in [5.74, 6) is -0.978. The molecule has 0 spiro atoms. The molecule has 34 heavy (non-hydrogen) atoms. The molecule has 172 valence electrons. The van der Waals surface area contributed by atoms with Crippen molar-refractivity contribution >= 4 is 46.4 Å². The van der Waals surface area contributed by atoms with Crippen LogP contribution in [0.5, 0.6) is 0 Å². The van der Waals surface area contributed by atoms with E-state index in [9.17, 15) is 14.4 Å². The summed E-state index contributed by atoms with van der Waals surface area (Å²) in [5.41, 5.74) is 1.48. The molecule has 0 aliphatic rings. The molecule has 2 aromatic heterocycles. The van der Waals surface area contributed by atoms with Gasteiger partial charge >= 0.3 is 0 Å². The second-order valence-electron chi connectivity index (χ2n) is 7.25. The van der Waals surface area contributed by atoms with Crippen molar-refractivity contribution in [2.75, 3.05) is 16.0 Å². The van der Waals surface area contributed by atoms with Crippen LogP contribution in [0.25, 0.3) is 0 Å². The lowest BCUT2D eigenvalue weighted by Crippen LogP contribution is -2.17. The molecule has 0 fully saturated rings. The molecule has 9 nitrogen and oxygen atoms in total. The first-order valence-electron chi connectivity index (χ1n) is 10.3. The third kappa shape index (κ3) is 5.90. The molecule has 10 heteroatoms. The highest BCUT2D eigenvalue weighted by atomic mass is 35.5. The topological polar surface area (TPSA) is 118 Å². The van der Waals surface area contributed by atoms with Crippen molar-refractivity contribution in [2.24, 2.45) is 0 Å². The number of hydrogen-bond donors (Lipinski definition) is 3. The maximum absolute atomic E-state index is 12.9. The number of benzene rings is 2. The molecule has 2 heterocycles. The standard InChI is InChI=1S/C24H20ClN5O4/c25-17-6-7-19(20(14-17)29-24(33)21-5-2-12-34-21)28-23(32)16-3-1-4-18(13-16)27-22(31)8-10-30-11-9-26-15-30/h1-7,9,11-15H,8,10H2,(H,27,31)(H,28,32)(H,29,33). The number of furan rings is 1. The van der Waals surface area contributed by atoms with E-state index in [1.807, 2.05) is 0 Å². The highest BCUT2D eigenvalue weighted by Gasteiger charge is 2.15. The van der Waals surface area contributed by atoms with E-state index in [0.717, 1.165) is 0 Å². The summed E-state index contributed by atoms with van der Waals surface area (Å²) in [5, 5.41) is 8.61. The van der Waals surface area contributed by atoms with Crippen LogP contribution in [0, 0.1) is 0 Å². The number of hydrogen-bond acceptors (Lipinski definition) is 5. The molecule has 0 bridgehead atoms. The van der Waals surface area contributed by atoms with Gasteiger partial charge in [0.2, 0.25) is 5.91 Å². The Bertz CT molecular complexity index is 1300. The summed E-state index contributed by atoms with van der Waals surface area (Å²) in [4.78, 5) is 41.4. The fraction of sp³-hybridized carbons (Fsp3) is 0.0833. The van der Waals surface area contributed by atoms with Crippen molar-refractivity contribution in [1.29, 1.82) is 0 Å². The molecule has 0 radical (unpaired) electrons. The predicted octanol–water partition coefficient (Wildman–Crippen LogP) is 4.66. The predicted molar refractivity (Wildman–Crippen MR) is 128 cm³/mol. The summed E-state index contributed by atoms with van der Waals surface area (Å²) in [7, 11) is 0. The smallest absolute Gasteiger partial charge is 0.291 e. The van der Waals surface area contributed by atoms with Gasteiger partial charge in [-0.3, -0.25) is 14.4 Å². The van der Waals surface area contributed by atoms with Gasteiger partial charge in [0, 0.05) is 41.6 Å². The number of anilines is 3. The number of amides is 3. The second-order valence-corrected chi connectivity index (χ2v) is 7.69. The van der Waals surface area contributed by atoms with Gasteiger partial charge in [0.25, 0.3) is 11.8 Å². The van der Waals surface area contributed by atoms with Crippen LogP contribution in [0.3, 0.4) is 0 Å². The van der Waals surface area contributed by atoms with Crippen LogP contribution in [-0.2, 0) is 11.3 Å². The Morgan fingerprint density at radius 3 is 2.56 bits per heavy atom. The number of nitrogens with one attached hydrogen (secondary N) is 3. The Hall–Kier alpha value is -4.37. The Balaban J connectivity index is 1.42. The summed E-state index contributed by atoms with van der Waals surface area (Å²) < 4.78 is 6.90. The maximum Gasteiger partial charge on any atom is 0.291 e. The zero-order chi connectivity index (χ0) is 23.9. The van der Waals surface area contributed by atoms with Gasteiger partial charge in [-0.1, -0.05) is 17.7 Å². The number of aryl methyl sites for hydroxylation is 1. The third-order valence-electron chi connectivity index (χ3n) is 4.79. The van der Waals surface area contributed by atoms with Crippen LogP contribution in [0.1, 0.15) is 27.3 Å². The fourth-order valence-electron chi connectivity index (χ4n) is 3.13. The first-order chi connectivity index (χ1) is 16.5. The van der Waals surface area contributed by atoms with Gasteiger partial charge in [-0.25, -0.2) is 4.98 Å². The van der Waals surface area contributed by atoms with Gasteiger partial charge in [0.1, 0.15) is 0 Å². The van der Waals surface area contributed by atoms with Crippen LogP contribution in [0.2, 0.25) is 5.02 Å². The molecule has 3 N–H and O–H groups in total. The van der Waals surface area contributed by atoms with Gasteiger partial charge in [-0.2, -0.15) is 0 Å². The summed E-state index contributed by atoms with van der Waals surface area (Å²) in [6, 6.07) is 14.4. The molecule has 0 aliphatic heterocycles. The Morgan fingerprint density at radius 1 is 0.941 bits per heavy atom. The number of aromatic nitrogens is 2. The minimum Gasteiger partial charge on any atom is -0.459 e. The van der Waals surface area contributed by atoms with Crippen LogP contribution in [-0.4, -0.2) is 27.3 Å². The molecule has 0 saturated carbocycles. The molecular formula is C24H20ClN5O4. The molecular weight excluding hydrogens is 458 g/mol. The van der Waals surface area contributed by atoms with Crippen LogP contribution in [0.4, 0.5) is 17.1 Å². The number of halogens is 1. The van der Waals surface area contributed by atoms with Gasteiger partial charge in [0.05, 0.1) is 24.0 Å². The summed E-state index contributed by atoms with van der Waals surface area (Å²) in [6.07, 6.45) is 6.71. The molecule has 0 saturated heterocycles. The summed E-state index contributed by atoms with van der Waals surface area (Å²) >= 11 is 6.07. The van der Waals surface area contributed by atoms with Crippen LogP contribution >= 0.6 is 11.6 Å². The number of rotatable bonds is 8. The molecule has 0 atom stereocenters. The lowest BCUT2D eigenvalue weighted by Gasteiger charge is -2.13. The SMILES string of the molecule is O=C(CCn1ccnc1)Nc1cccc(C(=O)Nc2ccc(Cl)cc2NC(=O)c2ccco2)c1. The van der Waals surface area contributed by atoms with Crippen LogP contribution < -0.4 is 16.0 Å². The Labute approximate surface area is 199 Å². The lowest BCUT2D eigenvalue weighted by atomic mass is 10.1. The zero-order valence-electron chi connectivity index (χ0n) is 17.8. The van der Waals surface area contributed by atoms with Crippen molar-refractivity contribution in [2.45, 2.75) is 13.0 Å². The lowest BCUT2D eigenvalue weighted by molar-refractivity contribution is -0.116. The maximum atomic E-state index is 12.9. The summed E-state index contributed by atoms with van der Waals surface area (Å²) in [6.45, 7) is 0.495. The second kappa shape index (κ2) is 10.5. The van der Waals surface area contributed by atoms with Gasteiger partial charge in [0.15, 0.2) is 5.76 Å². The van der Waals surface area contributed by atoms with Gasteiger partial charge < -0.3 is 24.9 Å². The van der Waals surface area contributed by atoms with E-state index in [1.54, 1.807) is 65.8 Å². The van der Waals surface area contributed by atoms with E-state index in [2.05, 4.69) is 20.9 Å².